The first-order valence-electron chi connectivity index (χ1n) is 8.45. The molecule has 3 rings (SSSR count). The molecule has 0 heterocycles. The second-order valence-corrected chi connectivity index (χ2v) is 6.06. The van der Waals surface area contributed by atoms with Crippen molar-refractivity contribution in [3.05, 3.63) is 114 Å². The van der Waals surface area contributed by atoms with E-state index in [1.54, 1.807) is 36.2 Å². The molecule has 3 aromatic rings. The Labute approximate surface area is 153 Å². The van der Waals surface area contributed by atoms with Gasteiger partial charge in [0.1, 0.15) is 5.82 Å². The summed E-state index contributed by atoms with van der Waals surface area (Å²) in [7, 11) is 1.76. The number of likely N-dealkylation sites (N-methyl/N-ethyl adjacent to an activating group) is 1. The summed E-state index contributed by atoms with van der Waals surface area (Å²) in [6.07, 6.45) is 3.36. The SMILES string of the molecule is CN(C(=O)/C=C/c1ccccc1)C(c1ccccc1)c1ccc(F)cc1. The minimum atomic E-state index is -0.293. The summed E-state index contributed by atoms with van der Waals surface area (Å²) in [5.74, 6) is -0.412. The lowest BCUT2D eigenvalue weighted by Crippen LogP contribution is -2.30. The van der Waals surface area contributed by atoms with E-state index in [0.717, 1.165) is 16.7 Å². The van der Waals surface area contributed by atoms with Gasteiger partial charge in [-0.05, 0) is 34.9 Å². The lowest BCUT2D eigenvalue weighted by atomic mass is 9.97. The first-order valence-corrected chi connectivity index (χ1v) is 8.45. The van der Waals surface area contributed by atoms with Crippen LogP contribution in [0.2, 0.25) is 0 Å². The number of halogens is 1. The average molecular weight is 345 g/mol. The zero-order chi connectivity index (χ0) is 18.4. The van der Waals surface area contributed by atoms with Crippen molar-refractivity contribution < 1.29 is 9.18 Å². The molecule has 1 unspecified atom stereocenters. The number of hydrogen-bond acceptors (Lipinski definition) is 1. The van der Waals surface area contributed by atoms with Crippen LogP contribution < -0.4 is 0 Å². The summed E-state index contributed by atoms with van der Waals surface area (Å²) in [4.78, 5) is 14.4. The molecule has 0 aliphatic heterocycles. The number of carbonyl (C=O) groups is 1. The Morgan fingerprint density at radius 2 is 1.38 bits per heavy atom. The monoisotopic (exact) mass is 345 g/mol. The second-order valence-electron chi connectivity index (χ2n) is 6.06. The van der Waals surface area contributed by atoms with Crippen LogP contribution in [0.5, 0.6) is 0 Å². The number of carbonyl (C=O) groups excluding carboxylic acids is 1. The van der Waals surface area contributed by atoms with E-state index < -0.39 is 0 Å². The largest absolute Gasteiger partial charge is 0.331 e. The van der Waals surface area contributed by atoms with E-state index in [4.69, 9.17) is 0 Å². The van der Waals surface area contributed by atoms with Crippen molar-refractivity contribution in [2.75, 3.05) is 7.05 Å². The van der Waals surface area contributed by atoms with Crippen LogP contribution in [-0.2, 0) is 4.79 Å². The van der Waals surface area contributed by atoms with Crippen molar-refractivity contribution in [1.82, 2.24) is 4.90 Å². The molecule has 0 bridgehead atoms. The van der Waals surface area contributed by atoms with E-state index in [-0.39, 0.29) is 17.8 Å². The maximum atomic E-state index is 13.3. The van der Waals surface area contributed by atoms with Gasteiger partial charge in [0.25, 0.3) is 0 Å². The molecule has 0 saturated heterocycles. The van der Waals surface area contributed by atoms with E-state index in [2.05, 4.69) is 0 Å². The van der Waals surface area contributed by atoms with Gasteiger partial charge in [0.15, 0.2) is 0 Å². The Bertz CT molecular complexity index is 873. The lowest BCUT2D eigenvalue weighted by molar-refractivity contribution is -0.126. The Kier molecular flexibility index (Phi) is 5.59. The predicted molar refractivity (Wildman–Crippen MR) is 103 cm³/mol. The summed E-state index contributed by atoms with van der Waals surface area (Å²) in [5.41, 5.74) is 2.80. The van der Waals surface area contributed by atoms with Crippen molar-refractivity contribution in [1.29, 1.82) is 0 Å². The van der Waals surface area contributed by atoms with Gasteiger partial charge >= 0.3 is 0 Å². The van der Waals surface area contributed by atoms with Crippen LogP contribution in [0.4, 0.5) is 4.39 Å². The van der Waals surface area contributed by atoms with Crippen molar-refractivity contribution in [3.8, 4) is 0 Å². The van der Waals surface area contributed by atoms with Gasteiger partial charge in [-0.1, -0.05) is 72.8 Å². The second kappa shape index (κ2) is 8.26. The number of rotatable bonds is 5. The summed E-state index contributed by atoms with van der Waals surface area (Å²) < 4.78 is 13.3. The summed E-state index contributed by atoms with van der Waals surface area (Å²) in [6.45, 7) is 0. The Hall–Kier alpha value is -3.20. The molecule has 1 atom stereocenters. The Morgan fingerprint density at radius 1 is 0.846 bits per heavy atom. The molecule has 0 saturated carbocycles. The third kappa shape index (κ3) is 4.25. The van der Waals surface area contributed by atoms with Crippen molar-refractivity contribution in [2.45, 2.75) is 6.04 Å². The highest BCUT2D eigenvalue weighted by Gasteiger charge is 2.22. The number of benzene rings is 3. The highest BCUT2D eigenvalue weighted by atomic mass is 19.1. The zero-order valence-electron chi connectivity index (χ0n) is 14.5. The van der Waals surface area contributed by atoms with Crippen LogP contribution in [-0.4, -0.2) is 17.9 Å². The zero-order valence-corrected chi connectivity index (χ0v) is 14.5. The molecule has 3 aromatic carbocycles. The van der Waals surface area contributed by atoms with Crippen LogP contribution >= 0.6 is 0 Å². The van der Waals surface area contributed by atoms with Crippen LogP contribution in [0.25, 0.3) is 6.08 Å². The molecule has 0 radical (unpaired) electrons. The molecular weight excluding hydrogens is 325 g/mol. The average Bonchev–Trinajstić information content (AvgIpc) is 2.69. The molecule has 0 spiro atoms. The molecule has 0 aromatic heterocycles. The standard InChI is InChI=1S/C23H20FNO/c1-25(22(26)17-12-18-8-4-2-5-9-18)23(19-10-6-3-7-11-19)20-13-15-21(24)16-14-20/h2-17,23H,1H3/b17-12+. The molecule has 130 valence electrons. The topological polar surface area (TPSA) is 20.3 Å². The van der Waals surface area contributed by atoms with Crippen molar-refractivity contribution in [2.24, 2.45) is 0 Å². The number of hydrogen-bond donors (Lipinski definition) is 0. The van der Waals surface area contributed by atoms with Crippen LogP contribution in [0.3, 0.4) is 0 Å². The smallest absolute Gasteiger partial charge is 0.247 e. The molecule has 0 N–H and O–H groups in total. The maximum absolute atomic E-state index is 13.3. The third-order valence-electron chi connectivity index (χ3n) is 4.25. The van der Waals surface area contributed by atoms with Gasteiger partial charge in [-0.2, -0.15) is 0 Å². The van der Waals surface area contributed by atoms with Crippen LogP contribution in [0, 0.1) is 5.82 Å². The molecule has 1 amide bonds. The first-order chi connectivity index (χ1) is 12.6. The molecule has 3 heteroatoms. The van der Waals surface area contributed by atoms with Crippen molar-refractivity contribution >= 4 is 12.0 Å². The van der Waals surface area contributed by atoms with E-state index in [9.17, 15) is 9.18 Å². The molecule has 2 nitrogen and oxygen atoms in total. The quantitative estimate of drug-likeness (QED) is 0.590. The first kappa shape index (κ1) is 17.6. The third-order valence-corrected chi connectivity index (χ3v) is 4.25. The Balaban J connectivity index is 1.89. The van der Waals surface area contributed by atoms with Gasteiger partial charge in [0.2, 0.25) is 5.91 Å². The number of amides is 1. The van der Waals surface area contributed by atoms with Crippen LogP contribution in [0.1, 0.15) is 22.7 Å². The summed E-state index contributed by atoms with van der Waals surface area (Å²) in [5, 5.41) is 0. The minimum Gasteiger partial charge on any atom is -0.331 e. The lowest BCUT2D eigenvalue weighted by Gasteiger charge is -2.28. The molecule has 26 heavy (non-hydrogen) atoms. The minimum absolute atomic E-state index is 0.118. The van der Waals surface area contributed by atoms with Crippen molar-refractivity contribution in [3.63, 3.8) is 0 Å². The van der Waals surface area contributed by atoms with Gasteiger partial charge in [-0.3, -0.25) is 4.79 Å². The normalized spacial score (nSPS) is 12.1. The highest BCUT2D eigenvalue weighted by molar-refractivity contribution is 5.92. The highest BCUT2D eigenvalue weighted by Crippen LogP contribution is 2.28. The molecule has 0 aliphatic rings. The molecule has 0 aliphatic carbocycles. The van der Waals surface area contributed by atoms with Gasteiger partial charge in [0, 0.05) is 13.1 Å². The fourth-order valence-corrected chi connectivity index (χ4v) is 2.90. The fraction of sp³-hybridized carbons (Fsp3) is 0.0870. The molecule has 0 fully saturated rings. The van der Waals surface area contributed by atoms with Crippen LogP contribution in [0.15, 0.2) is 91.0 Å². The van der Waals surface area contributed by atoms with E-state index in [1.807, 2.05) is 60.7 Å². The van der Waals surface area contributed by atoms with E-state index in [0.29, 0.717) is 0 Å². The maximum Gasteiger partial charge on any atom is 0.247 e. The van der Waals surface area contributed by atoms with E-state index >= 15 is 0 Å². The predicted octanol–water partition coefficient (Wildman–Crippen LogP) is 5.09. The van der Waals surface area contributed by atoms with Gasteiger partial charge in [-0.25, -0.2) is 4.39 Å². The van der Waals surface area contributed by atoms with Gasteiger partial charge < -0.3 is 4.90 Å². The van der Waals surface area contributed by atoms with Gasteiger partial charge in [-0.15, -0.1) is 0 Å². The molecular formula is C23H20FNO. The van der Waals surface area contributed by atoms with E-state index in [1.165, 1.54) is 12.1 Å². The number of nitrogens with zero attached hydrogens (tertiary/aromatic N) is 1. The Morgan fingerprint density at radius 3 is 2.00 bits per heavy atom. The van der Waals surface area contributed by atoms with Gasteiger partial charge in [0.05, 0.1) is 6.04 Å². The summed E-state index contributed by atoms with van der Waals surface area (Å²) in [6, 6.07) is 25.4. The summed E-state index contributed by atoms with van der Waals surface area (Å²) >= 11 is 0. The fourth-order valence-electron chi connectivity index (χ4n) is 2.90.